The minimum absolute atomic E-state index is 0.197. The molecule has 0 aromatic rings. The van der Waals surface area contributed by atoms with Crippen molar-refractivity contribution in [2.45, 2.75) is 6.92 Å². The van der Waals surface area contributed by atoms with Crippen LogP contribution in [0.25, 0.3) is 0 Å². The first-order valence-electron chi connectivity index (χ1n) is 2.24. The molecule has 0 saturated heterocycles. The summed E-state index contributed by atoms with van der Waals surface area (Å²) < 4.78 is 20.0. The molecule has 5 heteroatoms. The van der Waals surface area contributed by atoms with Crippen LogP contribution in [0.15, 0.2) is 0 Å². The normalized spacial score (nSPS) is 8.22. The molecule has 0 spiro atoms. The standard InChI is InChI=1S/C4H7NO3S/c1-3(9(7)8)4(6)5-2/h1-2H3,(H,5,6). The molecule has 0 fully saturated rings. The van der Waals surface area contributed by atoms with Crippen molar-refractivity contribution in [1.82, 2.24) is 5.32 Å². The summed E-state index contributed by atoms with van der Waals surface area (Å²) in [7, 11) is -1.01. The first-order chi connectivity index (χ1) is 4.09. The van der Waals surface area contributed by atoms with Crippen LogP contribution in [0.2, 0.25) is 0 Å². The van der Waals surface area contributed by atoms with Crippen LogP contribution < -0.4 is 5.32 Å². The Morgan fingerprint density at radius 2 is 1.89 bits per heavy atom. The predicted molar refractivity (Wildman–Crippen MR) is 33.7 cm³/mol. The van der Waals surface area contributed by atoms with Gasteiger partial charge in [0.1, 0.15) is 4.86 Å². The van der Waals surface area contributed by atoms with E-state index in [0.717, 1.165) is 0 Å². The van der Waals surface area contributed by atoms with Crippen LogP contribution in [-0.4, -0.2) is 26.2 Å². The third-order valence-corrected chi connectivity index (χ3v) is 1.48. The van der Waals surface area contributed by atoms with E-state index in [9.17, 15) is 13.2 Å². The van der Waals surface area contributed by atoms with E-state index in [2.05, 4.69) is 5.32 Å². The Morgan fingerprint density at radius 1 is 1.44 bits per heavy atom. The molecule has 0 aromatic heterocycles. The molecule has 0 atom stereocenters. The van der Waals surface area contributed by atoms with Gasteiger partial charge in [-0.3, -0.25) is 4.79 Å². The fourth-order valence-corrected chi connectivity index (χ4v) is 0.505. The van der Waals surface area contributed by atoms with Crippen LogP contribution in [-0.2, 0) is 15.1 Å². The lowest BCUT2D eigenvalue weighted by Gasteiger charge is -1.89. The van der Waals surface area contributed by atoms with Crippen LogP contribution in [0, 0.1) is 0 Å². The van der Waals surface area contributed by atoms with Crippen LogP contribution in [0.1, 0.15) is 6.92 Å². The lowest BCUT2D eigenvalue weighted by molar-refractivity contribution is -0.114. The average Bonchev–Trinajstić information content (AvgIpc) is 1.84. The molecule has 0 aliphatic rings. The highest BCUT2D eigenvalue weighted by molar-refractivity contribution is 7.74. The number of hydrogen-bond donors (Lipinski definition) is 1. The Hall–Kier alpha value is -0.840. The molecule has 0 bridgehead atoms. The van der Waals surface area contributed by atoms with Crippen molar-refractivity contribution in [3.8, 4) is 0 Å². The van der Waals surface area contributed by atoms with Gasteiger partial charge in [-0.15, -0.1) is 0 Å². The molecule has 52 valence electrons. The van der Waals surface area contributed by atoms with Gasteiger partial charge in [0, 0.05) is 7.05 Å². The third kappa shape index (κ3) is 2.27. The highest BCUT2D eigenvalue weighted by Crippen LogP contribution is 1.68. The summed E-state index contributed by atoms with van der Waals surface area (Å²) >= 11 is 0. The maximum atomic E-state index is 10.4. The van der Waals surface area contributed by atoms with Crippen molar-refractivity contribution in [2.24, 2.45) is 0 Å². The van der Waals surface area contributed by atoms with E-state index in [0.29, 0.717) is 0 Å². The van der Waals surface area contributed by atoms with E-state index in [-0.39, 0.29) is 4.86 Å². The molecule has 0 radical (unpaired) electrons. The van der Waals surface area contributed by atoms with Gasteiger partial charge in [0.25, 0.3) is 5.91 Å². The molecule has 0 rings (SSSR count). The van der Waals surface area contributed by atoms with Crippen molar-refractivity contribution >= 4 is 21.1 Å². The number of rotatable bonds is 1. The monoisotopic (exact) mass is 149 g/mol. The lowest BCUT2D eigenvalue weighted by Crippen LogP contribution is -2.25. The van der Waals surface area contributed by atoms with E-state index in [1.54, 1.807) is 0 Å². The SMILES string of the molecule is CNC(=O)C(C)=S(=O)=O. The highest BCUT2D eigenvalue weighted by atomic mass is 32.2. The smallest absolute Gasteiger partial charge is 0.262 e. The number of carbonyl (C=O) groups is 1. The minimum atomic E-state index is -2.39. The Morgan fingerprint density at radius 3 is 2.00 bits per heavy atom. The topological polar surface area (TPSA) is 63.2 Å². The van der Waals surface area contributed by atoms with Crippen LogP contribution in [0.4, 0.5) is 0 Å². The van der Waals surface area contributed by atoms with Gasteiger partial charge in [-0.05, 0) is 6.92 Å². The number of carbonyl (C=O) groups excluding carboxylic acids is 1. The zero-order chi connectivity index (χ0) is 7.44. The first kappa shape index (κ1) is 8.16. The Bertz CT molecular complexity index is 231. The van der Waals surface area contributed by atoms with Crippen LogP contribution in [0.5, 0.6) is 0 Å². The van der Waals surface area contributed by atoms with Gasteiger partial charge in [0.05, 0.1) is 0 Å². The third-order valence-electron chi connectivity index (χ3n) is 0.797. The molecule has 9 heavy (non-hydrogen) atoms. The zero-order valence-corrected chi connectivity index (χ0v) is 5.95. The van der Waals surface area contributed by atoms with E-state index in [4.69, 9.17) is 0 Å². The molecule has 0 aliphatic heterocycles. The van der Waals surface area contributed by atoms with E-state index in [1.165, 1.54) is 14.0 Å². The number of nitrogens with one attached hydrogen (secondary N) is 1. The summed E-state index contributed by atoms with van der Waals surface area (Å²) in [4.78, 5) is 10.2. The quantitative estimate of drug-likeness (QED) is 0.476. The molecular formula is C4H7NO3S. The summed E-state index contributed by atoms with van der Waals surface area (Å²) in [5, 5.41) is 2.18. The summed E-state index contributed by atoms with van der Waals surface area (Å²) in [6.45, 7) is 1.24. The molecule has 0 aliphatic carbocycles. The molecule has 0 unspecified atom stereocenters. The Kier molecular flexibility index (Phi) is 2.94. The molecule has 4 nitrogen and oxygen atoms in total. The van der Waals surface area contributed by atoms with Gasteiger partial charge >= 0.3 is 0 Å². The maximum Gasteiger partial charge on any atom is 0.262 e. The van der Waals surface area contributed by atoms with E-state index >= 15 is 0 Å². The fourth-order valence-electron chi connectivity index (χ4n) is 0.252. The average molecular weight is 149 g/mol. The summed E-state index contributed by atoms with van der Waals surface area (Å²) in [5.41, 5.74) is 0. The van der Waals surface area contributed by atoms with Gasteiger partial charge < -0.3 is 5.32 Å². The fraction of sp³-hybridized carbons (Fsp3) is 0.500. The molecule has 0 saturated carbocycles. The van der Waals surface area contributed by atoms with Crippen molar-refractivity contribution in [1.29, 1.82) is 0 Å². The van der Waals surface area contributed by atoms with Gasteiger partial charge in [0.15, 0.2) is 0 Å². The summed E-state index contributed by atoms with van der Waals surface area (Å²) in [6.07, 6.45) is 0. The van der Waals surface area contributed by atoms with Crippen LogP contribution >= 0.6 is 0 Å². The van der Waals surface area contributed by atoms with Crippen molar-refractivity contribution in [2.75, 3.05) is 7.05 Å². The second kappa shape index (κ2) is 3.24. The number of amides is 1. The molecular weight excluding hydrogens is 142 g/mol. The van der Waals surface area contributed by atoms with E-state index in [1.807, 2.05) is 0 Å². The molecule has 0 aromatic carbocycles. The summed E-state index contributed by atoms with van der Waals surface area (Å²) in [5.74, 6) is -0.566. The Balaban J connectivity index is 4.62. The Labute approximate surface area is 54.4 Å². The maximum absolute atomic E-state index is 10.4. The van der Waals surface area contributed by atoms with Gasteiger partial charge in [0.2, 0.25) is 10.3 Å². The van der Waals surface area contributed by atoms with Crippen molar-refractivity contribution in [3.63, 3.8) is 0 Å². The van der Waals surface area contributed by atoms with Crippen molar-refractivity contribution in [3.05, 3.63) is 0 Å². The zero-order valence-electron chi connectivity index (χ0n) is 5.13. The van der Waals surface area contributed by atoms with Crippen molar-refractivity contribution < 1.29 is 13.2 Å². The van der Waals surface area contributed by atoms with Gasteiger partial charge in [-0.25, -0.2) is 0 Å². The second-order valence-corrected chi connectivity index (χ2v) is 2.45. The minimum Gasteiger partial charge on any atom is -0.355 e. The first-order valence-corrected chi connectivity index (χ1v) is 3.32. The number of hydrogen-bond acceptors (Lipinski definition) is 3. The molecule has 1 N–H and O–H groups in total. The summed E-state index contributed by atoms with van der Waals surface area (Å²) in [6, 6.07) is 0. The lowest BCUT2D eigenvalue weighted by atomic mass is 10.5. The largest absolute Gasteiger partial charge is 0.355 e. The molecule has 1 amide bonds. The second-order valence-electron chi connectivity index (χ2n) is 1.37. The van der Waals surface area contributed by atoms with E-state index < -0.39 is 16.2 Å². The van der Waals surface area contributed by atoms with Crippen LogP contribution in [0.3, 0.4) is 0 Å². The van der Waals surface area contributed by atoms with Gasteiger partial charge in [-0.1, -0.05) is 0 Å². The van der Waals surface area contributed by atoms with Gasteiger partial charge in [-0.2, -0.15) is 8.42 Å². The molecule has 0 heterocycles. The highest BCUT2D eigenvalue weighted by Gasteiger charge is 2.01. The predicted octanol–water partition coefficient (Wildman–Crippen LogP) is -1.20.